The van der Waals surface area contributed by atoms with Crippen molar-refractivity contribution in [3.8, 4) is 5.88 Å². The lowest BCUT2D eigenvalue weighted by Crippen LogP contribution is -2.47. The molecule has 1 fully saturated rings. The van der Waals surface area contributed by atoms with Gasteiger partial charge in [0, 0.05) is 39.3 Å². The standard InChI is InChI=1S/C18H23N7O/c1-13(2)26-15-6-4-5-14(22-15)24-7-9-25(10-8-24)18-16-17(19-11-20-18)21-12-23(16)3/h4-6,11-13H,7-10H2,1-3H3. The SMILES string of the molecule is CC(C)Oc1cccc(N2CCN(c3ncnc4ncn(C)c34)CC2)n1. The zero-order valence-corrected chi connectivity index (χ0v) is 15.3. The van der Waals surface area contributed by atoms with Gasteiger partial charge in [0.1, 0.15) is 17.7 Å². The van der Waals surface area contributed by atoms with Crippen molar-refractivity contribution in [1.29, 1.82) is 0 Å². The fourth-order valence-corrected chi connectivity index (χ4v) is 3.24. The van der Waals surface area contributed by atoms with Crippen LogP contribution in [0.3, 0.4) is 0 Å². The molecule has 0 amide bonds. The number of piperazine rings is 1. The Hall–Kier alpha value is -2.90. The highest BCUT2D eigenvalue weighted by Crippen LogP contribution is 2.24. The first kappa shape index (κ1) is 16.6. The van der Waals surface area contributed by atoms with E-state index in [2.05, 4.69) is 29.7 Å². The molecular formula is C18H23N7O. The normalized spacial score (nSPS) is 15.1. The third-order valence-corrected chi connectivity index (χ3v) is 4.46. The van der Waals surface area contributed by atoms with Gasteiger partial charge >= 0.3 is 0 Å². The van der Waals surface area contributed by atoms with Crippen molar-refractivity contribution >= 4 is 22.8 Å². The Morgan fingerprint density at radius 3 is 2.54 bits per heavy atom. The Kier molecular flexibility index (Phi) is 4.32. The second kappa shape index (κ2) is 6.78. The van der Waals surface area contributed by atoms with Gasteiger partial charge in [0.25, 0.3) is 0 Å². The molecule has 0 unspecified atom stereocenters. The van der Waals surface area contributed by atoms with E-state index in [1.165, 1.54) is 0 Å². The van der Waals surface area contributed by atoms with E-state index < -0.39 is 0 Å². The van der Waals surface area contributed by atoms with E-state index >= 15 is 0 Å². The summed E-state index contributed by atoms with van der Waals surface area (Å²) in [5.41, 5.74) is 1.71. The molecule has 8 heteroatoms. The molecule has 0 saturated carbocycles. The van der Waals surface area contributed by atoms with E-state index in [-0.39, 0.29) is 6.10 Å². The predicted molar refractivity (Wildman–Crippen MR) is 101 cm³/mol. The van der Waals surface area contributed by atoms with Gasteiger partial charge in [-0.05, 0) is 19.9 Å². The summed E-state index contributed by atoms with van der Waals surface area (Å²) in [6.07, 6.45) is 3.49. The fraction of sp³-hybridized carbons (Fsp3) is 0.444. The number of aromatic nitrogens is 5. The minimum absolute atomic E-state index is 0.119. The molecule has 136 valence electrons. The van der Waals surface area contributed by atoms with Gasteiger partial charge in [-0.2, -0.15) is 4.98 Å². The molecule has 0 atom stereocenters. The van der Waals surface area contributed by atoms with E-state index in [1.54, 1.807) is 12.7 Å². The number of pyridine rings is 1. The minimum Gasteiger partial charge on any atom is -0.475 e. The van der Waals surface area contributed by atoms with E-state index in [0.29, 0.717) is 5.88 Å². The lowest BCUT2D eigenvalue weighted by atomic mass is 10.3. The summed E-state index contributed by atoms with van der Waals surface area (Å²) in [6, 6.07) is 5.93. The first-order valence-corrected chi connectivity index (χ1v) is 8.87. The number of aryl methyl sites for hydroxylation is 1. The van der Waals surface area contributed by atoms with Gasteiger partial charge in [-0.15, -0.1) is 0 Å². The molecule has 0 radical (unpaired) electrons. The van der Waals surface area contributed by atoms with Crippen molar-refractivity contribution in [3.05, 3.63) is 30.9 Å². The lowest BCUT2D eigenvalue weighted by Gasteiger charge is -2.36. The molecule has 0 bridgehead atoms. The number of fused-ring (bicyclic) bond motifs is 1. The topological polar surface area (TPSA) is 72.2 Å². The van der Waals surface area contributed by atoms with Crippen molar-refractivity contribution in [2.24, 2.45) is 7.05 Å². The maximum atomic E-state index is 5.71. The van der Waals surface area contributed by atoms with Crippen molar-refractivity contribution < 1.29 is 4.74 Å². The highest BCUT2D eigenvalue weighted by Gasteiger charge is 2.22. The van der Waals surface area contributed by atoms with Crippen LogP contribution in [0.15, 0.2) is 30.9 Å². The maximum absolute atomic E-state index is 5.71. The van der Waals surface area contributed by atoms with Gasteiger partial charge in [0.2, 0.25) is 5.88 Å². The Bertz CT molecular complexity index is 899. The third-order valence-electron chi connectivity index (χ3n) is 4.46. The zero-order chi connectivity index (χ0) is 18.1. The first-order valence-electron chi connectivity index (χ1n) is 8.87. The number of hydrogen-bond acceptors (Lipinski definition) is 7. The first-order chi connectivity index (χ1) is 12.6. The molecule has 1 aliphatic heterocycles. The molecule has 4 heterocycles. The van der Waals surface area contributed by atoms with Crippen LogP contribution < -0.4 is 14.5 Å². The Morgan fingerprint density at radius 1 is 1.00 bits per heavy atom. The summed E-state index contributed by atoms with van der Waals surface area (Å²) < 4.78 is 7.69. The highest BCUT2D eigenvalue weighted by atomic mass is 16.5. The molecular weight excluding hydrogens is 330 g/mol. The van der Waals surface area contributed by atoms with Crippen LogP contribution in [-0.4, -0.2) is 56.8 Å². The van der Waals surface area contributed by atoms with Gasteiger partial charge in [0.05, 0.1) is 12.4 Å². The maximum Gasteiger partial charge on any atom is 0.215 e. The van der Waals surface area contributed by atoms with Crippen molar-refractivity contribution in [1.82, 2.24) is 24.5 Å². The van der Waals surface area contributed by atoms with E-state index in [9.17, 15) is 0 Å². The van der Waals surface area contributed by atoms with Gasteiger partial charge in [-0.25, -0.2) is 15.0 Å². The van der Waals surface area contributed by atoms with E-state index in [4.69, 9.17) is 4.74 Å². The Morgan fingerprint density at radius 2 is 1.77 bits per heavy atom. The minimum atomic E-state index is 0.119. The summed E-state index contributed by atoms with van der Waals surface area (Å²) in [7, 11) is 1.97. The molecule has 3 aromatic rings. The largest absolute Gasteiger partial charge is 0.475 e. The number of hydrogen-bond donors (Lipinski definition) is 0. The average Bonchev–Trinajstić information content (AvgIpc) is 3.03. The van der Waals surface area contributed by atoms with Gasteiger partial charge in [-0.3, -0.25) is 0 Å². The second-order valence-corrected chi connectivity index (χ2v) is 6.70. The smallest absolute Gasteiger partial charge is 0.215 e. The molecule has 4 rings (SSSR count). The molecule has 0 aromatic carbocycles. The van der Waals surface area contributed by atoms with Crippen molar-refractivity contribution in [2.75, 3.05) is 36.0 Å². The number of imidazole rings is 1. The van der Waals surface area contributed by atoms with E-state index in [1.807, 2.05) is 43.7 Å². The number of ether oxygens (including phenoxy) is 1. The summed E-state index contributed by atoms with van der Waals surface area (Å²) in [4.78, 5) is 22.3. The molecule has 26 heavy (non-hydrogen) atoms. The number of rotatable bonds is 4. The van der Waals surface area contributed by atoms with Crippen LogP contribution in [0.2, 0.25) is 0 Å². The summed E-state index contributed by atoms with van der Waals surface area (Å²) in [5.74, 6) is 2.57. The summed E-state index contributed by atoms with van der Waals surface area (Å²) >= 11 is 0. The average molecular weight is 353 g/mol. The van der Waals surface area contributed by atoms with E-state index in [0.717, 1.165) is 49.0 Å². The van der Waals surface area contributed by atoms with Crippen LogP contribution in [-0.2, 0) is 7.05 Å². The van der Waals surface area contributed by atoms with Crippen molar-refractivity contribution in [2.45, 2.75) is 20.0 Å². The second-order valence-electron chi connectivity index (χ2n) is 6.70. The Balaban J connectivity index is 1.50. The lowest BCUT2D eigenvalue weighted by molar-refractivity contribution is 0.233. The molecule has 0 aliphatic carbocycles. The molecule has 0 N–H and O–H groups in total. The number of nitrogens with zero attached hydrogens (tertiary/aromatic N) is 7. The summed E-state index contributed by atoms with van der Waals surface area (Å²) in [6.45, 7) is 7.51. The quantitative estimate of drug-likeness (QED) is 0.709. The van der Waals surface area contributed by atoms with Gasteiger partial charge in [0.15, 0.2) is 11.5 Å². The number of anilines is 2. The Labute approximate surface area is 152 Å². The zero-order valence-electron chi connectivity index (χ0n) is 15.3. The van der Waals surface area contributed by atoms with Crippen LogP contribution in [0, 0.1) is 0 Å². The fourth-order valence-electron chi connectivity index (χ4n) is 3.24. The molecule has 8 nitrogen and oxygen atoms in total. The third kappa shape index (κ3) is 3.14. The molecule has 3 aromatic heterocycles. The van der Waals surface area contributed by atoms with Crippen LogP contribution >= 0.6 is 0 Å². The molecule has 0 spiro atoms. The van der Waals surface area contributed by atoms with Crippen LogP contribution in [0.5, 0.6) is 5.88 Å². The van der Waals surface area contributed by atoms with Gasteiger partial charge < -0.3 is 19.1 Å². The van der Waals surface area contributed by atoms with Crippen molar-refractivity contribution in [3.63, 3.8) is 0 Å². The monoisotopic (exact) mass is 353 g/mol. The summed E-state index contributed by atoms with van der Waals surface area (Å²) in [5, 5.41) is 0. The van der Waals surface area contributed by atoms with Crippen LogP contribution in [0.25, 0.3) is 11.2 Å². The van der Waals surface area contributed by atoms with Gasteiger partial charge in [-0.1, -0.05) is 6.07 Å². The molecule has 1 aliphatic rings. The van der Waals surface area contributed by atoms with Crippen LogP contribution in [0.4, 0.5) is 11.6 Å². The van der Waals surface area contributed by atoms with Crippen LogP contribution in [0.1, 0.15) is 13.8 Å². The highest BCUT2D eigenvalue weighted by molar-refractivity contribution is 5.83. The molecule has 1 saturated heterocycles. The predicted octanol–water partition coefficient (Wildman–Crippen LogP) is 1.87.